The maximum atomic E-state index is 9.86. The average Bonchev–Trinajstić information content (AvgIpc) is 2.69. The summed E-state index contributed by atoms with van der Waals surface area (Å²) in [5.74, 6) is 0.103. The van der Waals surface area contributed by atoms with Gasteiger partial charge in [-0.3, -0.25) is 4.90 Å². The summed E-state index contributed by atoms with van der Waals surface area (Å²) in [4.78, 5) is 2.04. The third-order valence-corrected chi connectivity index (χ3v) is 4.97. The Kier molecular flexibility index (Phi) is 5.81. The fourth-order valence-corrected chi connectivity index (χ4v) is 3.43. The monoisotopic (exact) mass is 366 g/mol. The van der Waals surface area contributed by atoms with Gasteiger partial charge >= 0.3 is 0 Å². The van der Waals surface area contributed by atoms with Gasteiger partial charge in [0.1, 0.15) is 17.9 Å². The Morgan fingerprint density at radius 2 is 1.81 bits per heavy atom. The molecule has 0 amide bonds. The minimum atomic E-state index is -0.667. The first-order valence-electron chi connectivity index (χ1n) is 9.07. The van der Waals surface area contributed by atoms with Gasteiger partial charge in [0.25, 0.3) is 0 Å². The van der Waals surface area contributed by atoms with Gasteiger partial charge in [-0.1, -0.05) is 42.5 Å². The normalized spacial score (nSPS) is 22.8. The van der Waals surface area contributed by atoms with Crippen LogP contribution in [0.25, 0.3) is 0 Å². The molecule has 142 valence electrons. The Bertz CT molecular complexity index is 783. The molecular formula is C22H26N2O3. The van der Waals surface area contributed by atoms with E-state index in [1.165, 1.54) is 0 Å². The Morgan fingerprint density at radius 3 is 2.41 bits per heavy atom. The Balaban J connectivity index is 1.89. The van der Waals surface area contributed by atoms with E-state index >= 15 is 0 Å². The smallest absolute Gasteiger partial charge is 0.163 e. The van der Waals surface area contributed by atoms with Crippen LogP contribution in [0.15, 0.2) is 54.6 Å². The number of hydrogen-bond donors (Lipinski definition) is 0. The van der Waals surface area contributed by atoms with Crippen LogP contribution < -0.4 is 4.74 Å². The average molecular weight is 366 g/mol. The largest absolute Gasteiger partial charge is 0.497 e. The fourth-order valence-electron chi connectivity index (χ4n) is 3.43. The summed E-state index contributed by atoms with van der Waals surface area (Å²) in [5.41, 5.74) is 1.99. The van der Waals surface area contributed by atoms with Gasteiger partial charge in [-0.2, -0.15) is 5.26 Å². The minimum Gasteiger partial charge on any atom is -0.497 e. The molecule has 1 heterocycles. The lowest BCUT2D eigenvalue weighted by atomic mass is 9.97. The number of hydrogen-bond acceptors (Lipinski definition) is 5. The highest BCUT2D eigenvalue weighted by molar-refractivity contribution is 5.32. The van der Waals surface area contributed by atoms with E-state index in [0.29, 0.717) is 6.61 Å². The molecule has 1 aliphatic heterocycles. The molecule has 0 radical (unpaired) electrons. The lowest BCUT2D eigenvalue weighted by molar-refractivity contribution is -0.297. The molecule has 2 aromatic carbocycles. The first kappa shape index (κ1) is 19.4. The number of rotatable bonds is 5. The maximum absolute atomic E-state index is 9.86. The fraction of sp³-hybridized carbons (Fsp3) is 0.409. The van der Waals surface area contributed by atoms with Gasteiger partial charge in [0.15, 0.2) is 5.79 Å². The molecule has 3 atom stereocenters. The van der Waals surface area contributed by atoms with Gasteiger partial charge < -0.3 is 14.2 Å². The molecule has 0 saturated carbocycles. The number of nitriles is 1. The summed E-state index contributed by atoms with van der Waals surface area (Å²) < 4.78 is 17.4. The summed E-state index contributed by atoms with van der Waals surface area (Å²) >= 11 is 0. The van der Waals surface area contributed by atoms with Crippen molar-refractivity contribution >= 4 is 0 Å². The van der Waals surface area contributed by atoms with Crippen molar-refractivity contribution in [2.24, 2.45) is 0 Å². The van der Waals surface area contributed by atoms with Crippen molar-refractivity contribution in [2.45, 2.75) is 37.8 Å². The van der Waals surface area contributed by atoms with Crippen LogP contribution in [0.1, 0.15) is 37.1 Å². The standard InChI is InChI=1S/C22H26N2O3/c1-22(2)26-15-20(21(27-22)17-8-6-5-7-9-17)24(3)19(14-23)16-10-12-18(25-4)13-11-16/h5-13,19-21H,15H2,1-4H3/t19?,20-,21-/m0/s1. The van der Waals surface area contributed by atoms with E-state index in [9.17, 15) is 5.26 Å². The second-order valence-corrected chi connectivity index (χ2v) is 7.20. The number of likely N-dealkylation sites (N-methyl/N-ethyl adjacent to an activating group) is 1. The lowest BCUT2D eigenvalue weighted by Crippen LogP contribution is -2.51. The highest BCUT2D eigenvalue weighted by atomic mass is 16.7. The molecule has 1 saturated heterocycles. The van der Waals surface area contributed by atoms with Crippen molar-refractivity contribution in [1.82, 2.24) is 4.90 Å². The van der Waals surface area contributed by atoms with Crippen molar-refractivity contribution in [3.8, 4) is 11.8 Å². The van der Waals surface area contributed by atoms with Gasteiger partial charge in [0.2, 0.25) is 0 Å². The van der Waals surface area contributed by atoms with E-state index in [2.05, 4.69) is 18.2 Å². The van der Waals surface area contributed by atoms with Crippen molar-refractivity contribution in [2.75, 3.05) is 20.8 Å². The molecule has 0 N–H and O–H groups in total. The molecule has 3 rings (SSSR count). The van der Waals surface area contributed by atoms with Crippen molar-refractivity contribution in [1.29, 1.82) is 5.26 Å². The first-order chi connectivity index (χ1) is 12.9. The molecule has 5 nitrogen and oxygen atoms in total. The van der Waals surface area contributed by atoms with Crippen LogP contribution in [-0.2, 0) is 9.47 Å². The predicted molar refractivity (Wildman–Crippen MR) is 103 cm³/mol. The topological polar surface area (TPSA) is 54.7 Å². The highest BCUT2D eigenvalue weighted by Gasteiger charge is 2.41. The molecule has 0 spiro atoms. The SMILES string of the molecule is COc1ccc(C(C#N)N(C)[C@H]2COC(C)(C)O[C@H]2c2ccccc2)cc1. The maximum Gasteiger partial charge on any atom is 0.163 e. The number of benzene rings is 2. The quantitative estimate of drug-likeness (QED) is 0.798. The summed E-state index contributed by atoms with van der Waals surface area (Å²) in [6.45, 7) is 4.33. The van der Waals surface area contributed by atoms with Crippen molar-refractivity contribution in [3.05, 3.63) is 65.7 Å². The number of ether oxygens (including phenoxy) is 3. The molecule has 5 heteroatoms. The number of methoxy groups -OCH3 is 1. The molecule has 1 fully saturated rings. The minimum absolute atomic E-state index is 0.0906. The van der Waals surface area contributed by atoms with Crippen LogP contribution in [0.4, 0.5) is 0 Å². The first-order valence-corrected chi connectivity index (χ1v) is 9.07. The van der Waals surface area contributed by atoms with Crippen LogP contribution >= 0.6 is 0 Å². The van der Waals surface area contributed by atoms with Crippen LogP contribution in [0.3, 0.4) is 0 Å². The van der Waals surface area contributed by atoms with Crippen molar-refractivity contribution < 1.29 is 14.2 Å². The van der Waals surface area contributed by atoms with E-state index in [0.717, 1.165) is 16.9 Å². The lowest BCUT2D eigenvalue weighted by Gasteiger charge is -2.45. The number of nitrogens with zero attached hydrogens (tertiary/aromatic N) is 2. The Labute approximate surface area is 161 Å². The van der Waals surface area contributed by atoms with E-state index in [4.69, 9.17) is 14.2 Å². The predicted octanol–water partition coefficient (Wildman–Crippen LogP) is 4.08. The molecular weight excluding hydrogens is 340 g/mol. The molecule has 0 bridgehead atoms. The van der Waals surface area contributed by atoms with Gasteiger partial charge in [-0.15, -0.1) is 0 Å². The van der Waals surface area contributed by atoms with E-state index in [1.807, 2.05) is 68.3 Å². The zero-order chi connectivity index (χ0) is 19.4. The van der Waals surface area contributed by atoms with E-state index in [-0.39, 0.29) is 12.1 Å². The van der Waals surface area contributed by atoms with Crippen LogP contribution in [0.2, 0.25) is 0 Å². The van der Waals surface area contributed by atoms with Gasteiger partial charge in [0.05, 0.1) is 25.8 Å². The highest BCUT2D eigenvalue weighted by Crippen LogP contribution is 2.37. The molecule has 0 aliphatic carbocycles. The second kappa shape index (κ2) is 8.10. The summed E-state index contributed by atoms with van der Waals surface area (Å²) in [6.07, 6.45) is -0.186. The summed E-state index contributed by atoms with van der Waals surface area (Å²) in [7, 11) is 3.58. The van der Waals surface area contributed by atoms with Crippen molar-refractivity contribution in [3.63, 3.8) is 0 Å². The molecule has 27 heavy (non-hydrogen) atoms. The van der Waals surface area contributed by atoms with Crippen LogP contribution in [0.5, 0.6) is 5.75 Å². The van der Waals surface area contributed by atoms with Gasteiger partial charge in [0, 0.05) is 0 Å². The Hall–Kier alpha value is -2.39. The van der Waals surface area contributed by atoms with Crippen LogP contribution in [0, 0.1) is 11.3 Å². The third-order valence-electron chi connectivity index (χ3n) is 4.97. The van der Waals surface area contributed by atoms with E-state index < -0.39 is 11.8 Å². The Morgan fingerprint density at radius 1 is 1.15 bits per heavy atom. The molecule has 1 aliphatic rings. The zero-order valence-corrected chi connectivity index (χ0v) is 16.3. The van der Waals surface area contributed by atoms with Gasteiger partial charge in [-0.25, -0.2) is 0 Å². The summed E-state index contributed by atoms with van der Waals surface area (Å²) in [5, 5.41) is 9.86. The second-order valence-electron chi connectivity index (χ2n) is 7.20. The molecule has 0 aromatic heterocycles. The van der Waals surface area contributed by atoms with E-state index in [1.54, 1.807) is 7.11 Å². The summed E-state index contributed by atoms with van der Waals surface area (Å²) in [6, 6.07) is 19.6. The zero-order valence-electron chi connectivity index (χ0n) is 16.3. The van der Waals surface area contributed by atoms with Crippen LogP contribution in [-0.4, -0.2) is 37.5 Å². The third kappa shape index (κ3) is 4.30. The van der Waals surface area contributed by atoms with Gasteiger partial charge in [-0.05, 0) is 44.2 Å². The molecule has 1 unspecified atom stereocenters. The molecule has 2 aromatic rings.